The van der Waals surface area contributed by atoms with E-state index in [9.17, 15) is 0 Å². The molecule has 1 aromatic heterocycles. The highest BCUT2D eigenvalue weighted by atomic mass is 16.5. The van der Waals surface area contributed by atoms with Crippen molar-refractivity contribution in [3.05, 3.63) is 17.8 Å². The third-order valence-electron chi connectivity index (χ3n) is 3.23. The van der Waals surface area contributed by atoms with Gasteiger partial charge in [-0.2, -0.15) is 0 Å². The standard InChI is InChI=1S/C14H24N2O2/c1-2-7-15-8-3-6-14-16-11-13(18-14)10-12-5-4-9-17-12/h11-12,15H,2-10H2,1H3. The molecular formula is C14H24N2O2. The van der Waals surface area contributed by atoms with Gasteiger partial charge < -0.3 is 14.5 Å². The SMILES string of the molecule is CCCNCCCc1ncc(CC2CCCO2)o1. The van der Waals surface area contributed by atoms with E-state index < -0.39 is 0 Å². The van der Waals surface area contributed by atoms with Gasteiger partial charge in [0.15, 0.2) is 5.89 Å². The second kappa shape index (κ2) is 7.54. The number of rotatable bonds is 8. The molecule has 1 unspecified atom stereocenters. The van der Waals surface area contributed by atoms with Crippen molar-refractivity contribution in [2.75, 3.05) is 19.7 Å². The van der Waals surface area contributed by atoms with Crippen LogP contribution >= 0.6 is 0 Å². The van der Waals surface area contributed by atoms with Crippen LogP contribution in [0.5, 0.6) is 0 Å². The summed E-state index contributed by atoms with van der Waals surface area (Å²) >= 11 is 0. The van der Waals surface area contributed by atoms with Gasteiger partial charge in [-0.1, -0.05) is 6.92 Å². The van der Waals surface area contributed by atoms with Crippen LogP contribution in [-0.2, 0) is 17.6 Å². The number of aryl methyl sites for hydroxylation is 1. The van der Waals surface area contributed by atoms with E-state index in [0.29, 0.717) is 6.10 Å². The number of aromatic nitrogens is 1. The van der Waals surface area contributed by atoms with Crippen LogP contribution in [0.15, 0.2) is 10.6 Å². The Balaban J connectivity index is 1.65. The number of hydrogen-bond donors (Lipinski definition) is 1. The first kappa shape index (κ1) is 13.6. The van der Waals surface area contributed by atoms with Gasteiger partial charge in [-0.05, 0) is 38.8 Å². The summed E-state index contributed by atoms with van der Waals surface area (Å²) in [6.07, 6.45) is 8.59. The van der Waals surface area contributed by atoms with Gasteiger partial charge in [0.2, 0.25) is 0 Å². The quantitative estimate of drug-likeness (QED) is 0.721. The van der Waals surface area contributed by atoms with Gasteiger partial charge in [-0.15, -0.1) is 0 Å². The van der Waals surface area contributed by atoms with Crippen LogP contribution in [0.2, 0.25) is 0 Å². The Morgan fingerprint density at radius 1 is 1.44 bits per heavy atom. The summed E-state index contributed by atoms with van der Waals surface area (Å²) in [5.74, 6) is 1.83. The van der Waals surface area contributed by atoms with E-state index in [-0.39, 0.29) is 0 Å². The lowest BCUT2D eigenvalue weighted by Crippen LogP contribution is -2.16. The van der Waals surface area contributed by atoms with Crippen LogP contribution in [-0.4, -0.2) is 30.8 Å². The molecule has 1 aliphatic heterocycles. The van der Waals surface area contributed by atoms with E-state index in [0.717, 1.165) is 57.0 Å². The number of hydrogen-bond acceptors (Lipinski definition) is 4. The van der Waals surface area contributed by atoms with Crippen molar-refractivity contribution < 1.29 is 9.15 Å². The molecule has 18 heavy (non-hydrogen) atoms. The lowest BCUT2D eigenvalue weighted by atomic mass is 10.1. The molecule has 2 rings (SSSR count). The molecule has 102 valence electrons. The average Bonchev–Trinajstić information content (AvgIpc) is 3.02. The molecule has 1 atom stereocenters. The third-order valence-corrected chi connectivity index (χ3v) is 3.23. The molecule has 0 aromatic carbocycles. The Hall–Kier alpha value is -0.870. The minimum absolute atomic E-state index is 0.344. The monoisotopic (exact) mass is 252 g/mol. The third kappa shape index (κ3) is 4.42. The highest BCUT2D eigenvalue weighted by molar-refractivity contribution is 4.97. The lowest BCUT2D eigenvalue weighted by molar-refractivity contribution is 0.106. The molecular weight excluding hydrogens is 228 g/mol. The van der Waals surface area contributed by atoms with Crippen molar-refractivity contribution in [3.63, 3.8) is 0 Å². The largest absolute Gasteiger partial charge is 0.446 e. The van der Waals surface area contributed by atoms with Gasteiger partial charge in [-0.25, -0.2) is 4.98 Å². The first-order valence-electron chi connectivity index (χ1n) is 7.14. The van der Waals surface area contributed by atoms with Crippen molar-refractivity contribution in [3.8, 4) is 0 Å². The minimum atomic E-state index is 0.344. The van der Waals surface area contributed by atoms with Gasteiger partial charge in [-0.3, -0.25) is 0 Å². The zero-order valence-corrected chi connectivity index (χ0v) is 11.3. The smallest absolute Gasteiger partial charge is 0.194 e. The summed E-state index contributed by atoms with van der Waals surface area (Å²) in [6.45, 7) is 5.21. The molecule has 0 radical (unpaired) electrons. The average molecular weight is 252 g/mol. The molecule has 4 nitrogen and oxygen atoms in total. The topological polar surface area (TPSA) is 47.3 Å². The van der Waals surface area contributed by atoms with Crippen LogP contribution in [0, 0.1) is 0 Å². The maximum Gasteiger partial charge on any atom is 0.194 e. The van der Waals surface area contributed by atoms with E-state index in [1.165, 1.54) is 12.8 Å². The van der Waals surface area contributed by atoms with Gasteiger partial charge in [0, 0.05) is 19.4 Å². The zero-order chi connectivity index (χ0) is 12.6. The molecule has 0 amide bonds. The second-order valence-electron chi connectivity index (χ2n) is 4.91. The fourth-order valence-electron chi connectivity index (χ4n) is 2.25. The summed E-state index contributed by atoms with van der Waals surface area (Å²) in [5.41, 5.74) is 0. The van der Waals surface area contributed by atoms with E-state index in [1.54, 1.807) is 0 Å². The van der Waals surface area contributed by atoms with Crippen molar-refractivity contribution in [2.24, 2.45) is 0 Å². The fraction of sp³-hybridized carbons (Fsp3) is 0.786. The van der Waals surface area contributed by atoms with Gasteiger partial charge in [0.25, 0.3) is 0 Å². The van der Waals surface area contributed by atoms with Gasteiger partial charge in [0.1, 0.15) is 5.76 Å². The first-order chi connectivity index (χ1) is 8.88. The predicted molar refractivity (Wildman–Crippen MR) is 70.7 cm³/mol. The summed E-state index contributed by atoms with van der Waals surface area (Å²) < 4.78 is 11.3. The summed E-state index contributed by atoms with van der Waals surface area (Å²) in [6, 6.07) is 0. The van der Waals surface area contributed by atoms with Crippen LogP contribution < -0.4 is 5.32 Å². The summed E-state index contributed by atoms with van der Waals surface area (Å²) in [5, 5.41) is 3.38. The van der Waals surface area contributed by atoms with Crippen molar-refractivity contribution in [1.82, 2.24) is 10.3 Å². The molecule has 1 fully saturated rings. The Morgan fingerprint density at radius 3 is 3.17 bits per heavy atom. The van der Waals surface area contributed by atoms with Gasteiger partial charge >= 0.3 is 0 Å². The molecule has 4 heteroatoms. The van der Waals surface area contributed by atoms with Crippen LogP contribution in [0.1, 0.15) is 44.3 Å². The van der Waals surface area contributed by atoms with Gasteiger partial charge in [0.05, 0.1) is 12.3 Å². The van der Waals surface area contributed by atoms with E-state index in [2.05, 4.69) is 17.2 Å². The molecule has 2 heterocycles. The molecule has 1 N–H and O–H groups in total. The van der Waals surface area contributed by atoms with Crippen LogP contribution in [0.25, 0.3) is 0 Å². The molecule has 0 saturated carbocycles. The number of ether oxygens (including phenoxy) is 1. The Kier molecular flexibility index (Phi) is 5.68. The second-order valence-corrected chi connectivity index (χ2v) is 4.91. The highest BCUT2D eigenvalue weighted by Crippen LogP contribution is 2.17. The van der Waals surface area contributed by atoms with E-state index in [1.807, 2.05) is 6.20 Å². The Morgan fingerprint density at radius 2 is 2.39 bits per heavy atom. The summed E-state index contributed by atoms with van der Waals surface area (Å²) in [7, 11) is 0. The normalized spacial score (nSPS) is 19.5. The Bertz CT molecular complexity index is 332. The lowest BCUT2D eigenvalue weighted by Gasteiger charge is -2.05. The van der Waals surface area contributed by atoms with Crippen LogP contribution in [0.4, 0.5) is 0 Å². The first-order valence-corrected chi connectivity index (χ1v) is 7.14. The minimum Gasteiger partial charge on any atom is -0.446 e. The van der Waals surface area contributed by atoms with Crippen molar-refractivity contribution >= 4 is 0 Å². The molecule has 0 spiro atoms. The number of nitrogens with one attached hydrogen (secondary N) is 1. The molecule has 1 aliphatic rings. The summed E-state index contributed by atoms with van der Waals surface area (Å²) in [4.78, 5) is 4.33. The van der Waals surface area contributed by atoms with E-state index >= 15 is 0 Å². The maximum absolute atomic E-state index is 5.73. The van der Waals surface area contributed by atoms with Crippen molar-refractivity contribution in [2.45, 2.75) is 51.6 Å². The molecule has 0 bridgehead atoms. The zero-order valence-electron chi connectivity index (χ0n) is 11.3. The van der Waals surface area contributed by atoms with Crippen molar-refractivity contribution in [1.29, 1.82) is 0 Å². The van der Waals surface area contributed by atoms with Crippen LogP contribution in [0.3, 0.4) is 0 Å². The highest BCUT2D eigenvalue weighted by Gasteiger charge is 2.18. The number of nitrogens with zero attached hydrogens (tertiary/aromatic N) is 1. The van der Waals surface area contributed by atoms with E-state index in [4.69, 9.17) is 9.15 Å². The Labute approximate surface area is 109 Å². The molecule has 0 aliphatic carbocycles. The maximum atomic E-state index is 5.73. The number of oxazole rings is 1. The predicted octanol–water partition coefficient (Wildman–Crippen LogP) is 2.33. The fourth-order valence-corrected chi connectivity index (χ4v) is 2.25. The molecule has 1 saturated heterocycles. The molecule has 1 aromatic rings.